The van der Waals surface area contributed by atoms with Gasteiger partial charge in [0.2, 0.25) is 0 Å². The van der Waals surface area contributed by atoms with Crippen LogP contribution in [0.1, 0.15) is 35.2 Å². The zero-order chi connectivity index (χ0) is 18.8. The predicted molar refractivity (Wildman–Crippen MR) is 104 cm³/mol. The highest BCUT2D eigenvalue weighted by atomic mass is 35.5. The molecule has 0 aliphatic heterocycles. The molecule has 2 aromatic carbocycles. The smallest absolute Gasteiger partial charge is 0.259 e. The fraction of sp³-hybridized carbons (Fsp3) is 0.190. The molecular formula is C21H15ClN4O. The van der Waals surface area contributed by atoms with Crippen LogP contribution >= 0.6 is 11.6 Å². The average Bonchev–Trinajstić information content (AvgIpc) is 3.38. The summed E-state index contributed by atoms with van der Waals surface area (Å²) in [7, 11) is 0. The van der Waals surface area contributed by atoms with E-state index in [9.17, 15) is 10.1 Å². The number of aryl methyl sites for hydroxylation is 1. The van der Waals surface area contributed by atoms with Crippen LogP contribution in [0.4, 0.5) is 0 Å². The van der Waals surface area contributed by atoms with Gasteiger partial charge in [0.05, 0.1) is 16.6 Å². The molecule has 5 rings (SSSR count). The monoisotopic (exact) mass is 374 g/mol. The van der Waals surface area contributed by atoms with Crippen LogP contribution in [0.15, 0.2) is 47.3 Å². The number of nitriles is 1. The number of H-pyrrole nitrogens is 1. The summed E-state index contributed by atoms with van der Waals surface area (Å²) >= 11 is 6.03. The molecule has 0 bridgehead atoms. The van der Waals surface area contributed by atoms with Crippen LogP contribution in [0.5, 0.6) is 0 Å². The third kappa shape index (κ3) is 2.23. The number of benzene rings is 2. The summed E-state index contributed by atoms with van der Waals surface area (Å²) in [5.74, 6) is 0. The molecule has 1 aliphatic carbocycles. The first-order valence-electron chi connectivity index (χ1n) is 8.75. The summed E-state index contributed by atoms with van der Waals surface area (Å²) in [4.78, 5) is 15.4. The summed E-state index contributed by atoms with van der Waals surface area (Å²) in [6.45, 7) is 1.94. The Hall–Kier alpha value is -3.10. The van der Waals surface area contributed by atoms with E-state index in [2.05, 4.69) is 11.1 Å². The molecule has 1 aliphatic rings. The summed E-state index contributed by atoms with van der Waals surface area (Å²) in [6, 6.07) is 15.6. The lowest BCUT2D eigenvalue weighted by molar-refractivity contribution is 0.775. The van der Waals surface area contributed by atoms with Gasteiger partial charge in [-0.15, -0.1) is 0 Å². The van der Waals surface area contributed by atoms with Crippen LogP contribution in [0.2, 0.25) is 5.02 Å². The van der Waals surface area contributed by atoms with Crippen LogP contribution in [0, 0.1) is 18.3 Å². The van der Waals surface area contributed by atoms with Crippen molar-refractivity contribution in [3.8, 4) is 6.07 Å². The molecule has 0 radical (unpaired) electrons. The Morgan fingerprint density at radius 2 is 1.96 bits per heavy atom. The van der Waals surface area contributed by atoms with Gasteiger partial charge in [0.25, 0.3) is 5.56 Å². The molecule has 5 nitrogen and oxygen atoms in total. The molecule has 27 heavy (non-hydrogen) atoms. The Morgan fingerprint density at radius 1 is 1.22 bits per heavy atom. The molecule has 0 amide bonds. The Kier molecular flexibility index (Phi) is 3.25. The molecule has 2 heterocycles. The van der Waals surface area contributed by atoms with Crippen molar-refractivity contribution >= 4 is 28.2 Å². The molecule has 0 spiro atoms. The van der Waals surface area contributed by atoms with Gasteiger partial charge in [-0.1, -0.05) is 35.4 Å². The molecule has 0 saturated heterocycles. The molecule has 0 atom stereocenters. The number of aromatic nitrogens is 3. The predicted octanol–water partition coefficient (Wildman–Crippen LogP) is 4.09. The molecule has 1 N–H and O–H groups in total. The van der Waals surface area contributed by atoms with Crippen molar-refractivity contribution in [2.45, 2.75) is 25.2 Å². The van der Waals surface area contributed by atoms with E-state index in [0.29, 0.717) is 27.1 Å². The average molecular weight is 375 g/mol. The zero-order valence-electron chi connectivity index (χ0n) is 14.6. The van der Waals surface area contributed by atoms with Crippen molar-refractivity contribution in [2.75, 3.05) is 0 Å². The van der Waals surface area contributed by atoms with E-state index in [1.165, 1.54) is 0 Å². The summed E-state index contributed by atoms with van der Waals surface area (Å²) in [6.07, 6.45) is 1.82. The minimum Gasteiger partial charge on any atom is -0.305 e. The van der Waals surface area contributed by atoms with Gasteiger partial charge in [-0.25, -0.2) is 4.52 Å². The van der Waals surface area contributed by atoms with E-state index in [-0.39, 0.29) is 11.0 Å². The number of halogens is 1. The van der Waals surface area contributed by atoms with E-state index in [0.717, 1.165) is 29.7 Å². The molecule has 1 fully saturated rings. The summed E-state index contributed by atoms with van der Waals surface area (Å²) < 4.78 is 1.69. The second kappa shape index (κ2) is 5.45. The van der Waals surface area contributed by atoms with Gasteiger partial charge in [0.1, 0.15) is 11.6 Å². The molecular weight excluding hydrogens is 360 g/mol. The lowest BCUT2D eigenvalue weighted by Gasteiger charge is -2.13. The molecule has 6 heteroatoms. The topological polar surface area (TPSA) is 73.9 Å². The van der Waals surface area contributed by atoms with Crippen molar-refractivity contribution in [3.63, 3.8) is 0 Å². The molecule has 0 unspecified atom stereocenters. The fourth-order valence-corrected chi connectivity index (χ4v) is 4.02. The number of fused-ring (bicyclic) bond motifs is 3. The third-order valence-electron chi connectivity index (χ3n) is 5.45. The highest BCUT2D eigenvalue weighted by Gasteiger charge is 2.50. The highest BCUT2D eigenvalue weighted by Crippen LogP contribution is 2.54. The molecule has 4 aromatic rings. The first kappa shape index (κ1) is 16.1. The van der Waals surface area contributed by atoms with E-state index in [1.807, 2.05) is 49.4 Å². The van der Waals surface area contributed by atoms with Crippen molar-refractivity contribution < 1.29 is 0 Å². The number of hydrogen-bond donors (Lipinski definition) is 1. The van der Waals surface area contributed by atoms with Crippen LogP contribution < -0.4 is 5.56 Å². The Morgan fingerprint density at radius 3 is 2.63 bits per heavy atom. The van der Waals surface area contributed by atoms with Gasteiger partial charge in [-0.05, 0) is 49.6 Å². The van der Waals surface area contributed by atoms with E-state index in [1.54, 1.807) is 4.52 Å². The fourth-order valence-electron chi connectivity index (χ4n) is 3.90. The number of nitrogens with zero attached hydrogens (tertiary/aromatic N) is 3. The van der Waals surface area contributed by atoms with E-state index in [4.69, 9.17) is 16.7 Å². The lowest BCUT2D eigenvalue weighted by Crippen LogP contribution is -2.11. The van der Waals surface area contributed by atoms with E-state index < -0.39 is 0 Å². The highest BCUT2D eigenvalue weighted by molar-refractivity contribution is 6.30. The lowest BCUT2D eigenvalue weighted by atomic mass is 9.90. The molecule has 2 aromatic heterocycles. The van der Waals surface area contributed by atoms with Gasteiger partial charge in [0.15, 0.2) is 5.65 Å². The van der Waals surface area contributed by atoms with Crippen LogP contribution in [-0.2, 0) is 5.41 Å². The Bertz CT molecular complexity index is 1320. The van der Waals surface area contributed by atoms with Crippen LogP contribution in [-0.4, -0.2) is 14.6 Å². The summed E-state index contributed by atoms with van der Waals surface area (Å²) in [5, 5.41) is 15.9. The second-order valence-electron chi connectivity index (χ2n) is 7.16. The maximum Gasteiger partial charge on any atom is 0.259 e. The first-order chi connectivity index (χ1) is 13.0. The number of rotatable bonds is 2. The van der Waals surface area contributed by atoms with Crippen molar-refractivity contribution in [3.05, 3.63) is 80.2 Å². The van der Waals surface area contributed by atoms with Gasteiger partial charge in [0, 0.05) is 10.4 Å². The third-order valence-corrected chi connectivity index (χ3v) is 5.71. The van der Waals surface area contributed by atoms with Gasteiger partial charge >= 0.3 is 0 Å². The number of aromatic amines is 1. The minimum atomic E-state index is -0.296. The number of nitrogens with one attached hydrogen (secondary N) is 1. The van der Waals surface area contributed by atoms with Crippen molar-refractivity contribution in [1.82, 2.24) is 14.6 Å². The maximum absolute atomic E-state index is 12.6. The molecule has 132 valence electrons. The summed E-state index contributed by atoms with van der Waals surface area (Å²) in [5.41, 5.74) is 3.89. The van der Waals surface area contributed by atoms with Crippen molar-refractivity contribution in [1.29, 1.82) is 5.26 Å². The van der Waals surface area contributed by atoms with Gasteiger partial charge in [-0.3, -0.25) is 4.79 Å². The van der Waals surface area contributed by atoms with Gasteiger partial charge < -0.3 is 4.98 Å². The number of hydrogen-bond acceptors (Lipinski definition) is 3. The Balaban J connectivity index is 1.84. The van der Waals surface area contributed by atoms with Gasteiger partial charge in [-0.2, -0.15) is 10.4 Å². The quantitative estimate of drug-likeness (QED) is 0.574. The SMILES string of the molecule is Cc1ccc2c(c1)c(=O)[nH]c1c(C#N)c(C3(c4ccc(Cl)cc4)CC3)nn12. The second-order valence-corrected chi connectivity index (χ2v) is 7.60. The minimum absolute atomic E-state index is 0.208. The Labute approximate surface area is 159 Å². The maximum atomic E-state index is 12.6. The van der Waals surface area contributed by atoms with E-state index >= 15 is 0 Å². The van der Waals surface area contributed by atoms with Crippen LogP contribution in [0.3, 0.4) is 0 Å². The van der Waals surface area contributed by atoms with Crippen molar-refractivity contribution in [2.24, 2.45) is 0 Å². The molecule has 1 saturated carbocycles. The zero-order valence-corrected chi connectivity index (χ0v) is 15.3. The van der Waals surface area contributed by atoms with Crippen LogP contribution in [0.25, 0.3) is 16.6 Å². The largest absolute Gasteiger partial charge is 0.305 e. The standard InChI is InChI=1S/C21H15ClN4O/c1-12-2-7-17-15(10-12)20(27)24-19-16(11-23)18(25-26(17)19)21(8-9-21)13-3-5-14(22)6-4-13/h2-7,10H,8-9H2,1H3,(H,24,27). The normalized spacial score (nSPS) is 15.1. The first-order valence-corrected chi connectivity index (χ1v) is 9.13.